The fourth-order valence-electron chi connectivity index (χ4n) is 1.78. The molecular weight excluding hydrogens is 206 g/mol. The molecule has 0 bridgehead atoms. The first-order chi connectivity index (χ1) is 7.45. The molecule has 1 aromatic rings. The van der Waals surface area contributed by atoms with E-state index in [1.165, 1.54) is 5.56 Å². The number of thiol groups is 1. The second-order valence-corrected chi connectivity index (χ2v) is 5.00. The van der Waals surface area contributed by atoms with Gasteiger partial charge in [-0.2, -0.15) is 0 Å². The number of hydrogen-bond acceptors (Lipinski definition) is 1. The zero-order chi connectivity index (χ0) is 12.3. The summed E-state index contributed by atoms with van der Waals surface area (Å²) in [7, 11) is 14.4. The fourth-order valence-corrected chi connectivity index (χ4v) is 2.06. The Labute approximate surface area is 109 Å². The maximum atomic E-state index is 5.66. The highest BCUT2D eigenvalue weighted by atomic mass is 32.1. The summed E-state index contributed by atoms with van der Waals surface area (Å²) >= 11 is 4.27. The summed E-state index contributed by atoms with van der Waals surface area (Å²) in [5.41, 5.74) is 4.17. The minimum atomic E-state index is 0.0550. The van der Waals surface area contributed by atoms with Gasteiger partial charge in [0.15, 0.2) is 0 Å². The molecule has 0 fully saturated rings. The van der Waals surface area contributed by atoms with E-state index in [0.29, 0.717) is 0 Å². The maximum absolute atomic E-state index is 5.66. The van der Waals surface area contributed by atoms with E-state index in [0.717, 1.165) is 16.4 Å². The number of rotatable bonds is 3. The molecule has 0 saturated carbocycles. The molecule has 0 aliphatic carbocycles. The van der Waals surface area contributed by atoms with Crippen LogP contribution in [-0.4, -0.2) is 36.4 Å². The lowest BCUT2D eigenvalue weighted by Crippen LogP contribution is -2.50. The van der Waals surface area contributed by atoms with Gasteiger partial charge < -0.3 is 0 Å². The largest absolute Gasteiger partial charge is 0.228 e. The van der Waals surface area contributed by atoms with Crippen LogP contribution in [0.15, 0.2) is 12.1 Å². The van der Waals surface area contributed by atoms with Crippen molar-refractivity contribution in [3.05, 3.63) is 17.7 Å². The topological polar surface area (TPSA) is 0 Å². The highest BCUT2D eigenvalue weighted by Crippen LogP contribution is 2.19. The van der Waals surface area contributed by atoms with Crippen LogP contribution in [0.4, 0.5) is 0 Å². The molecule has 73 valence electrons. The molecule has 0 aromatic heterocycles. The molecule has 7 radical (unpaired) electrons. The molecule has 0 atom stereocenters. The Morgan fingerprint density at radius 3 is 2.06 bits per heavy atom. The monoisotopic (exact) mass is 219 g/mol. The molecule has 0 saturated heterocycles. The van der Waals surface area contributed by atoms with Crippen molar-refractivity contribution in [1.82, 2.24) is 0 Å². The lowest BCUT2D eigenvalue weighted by molar-refractivity contribution is 0.594. The third kappa shape index (κ3) is 2.77. The van der Waals surface area contributed by atoms with Crippen LogP contribution < -0.4 is 16.4 Å². The molecule has 0 unspecified atom stereocenters. The smallest absolute Gasteiger partial charge is 0.224 e. The minimum Gasteiger partial charge on any atom is -0.228 e. The summed E-state index contributed by atoms with van der Waals surface area (Å²) in [5, 5.41) is 0. The molecule has 0 spiro atoms. The van der Waals surface area contributed by atoms with E-state index in [1.807, 2.05) is 6.07 Å². The van der Waals surface area contributed by atoms with E-state index in [1.54, 1.807) is 20.9 Å². The van der Waals surface area contributed by atoms with Crippen molar-refractivity contribution < 1.29 is 0 Å². The maximum Gasteiger partial charge on any atom is 0.224 e. The van der Waals surface area contributed by atoms with Crippen LogP contribution in [0.1, 0.15) is 26.3 Å². The third-order valence-electron chi connectivity index (χ3n) is 2.60. The van der Waals surface area contributed by atoms with Crippen LogP contribution in [0.5, 0.6) is 0 Å². The third-order valence-corrected chi connectivity index (χ3v) is 2.86. The van der Waals surface area contributed by atoms with Gasteiger partial charge in [0.1, 0.15) is 0 Å². The Hall–Kier alpha value is -0.105. The first-order valence-electron chi connectivity index (χ1n) is 5.20. The SMILES string of the molecule is [B][B]c1ccc(C(C)(C)C)c([B]S)c1[B][B]. The zero-order valence-corrected chi connectivity index (χ0v) is 10.9. The molecule has 6 heteroatoms. The Bertz CT molecular complexity index is 372. The first-order valence-corrected chi connectivity index (χ1v) is 5.72. The summed E-state index contributed by atoms with van der Waals surface area (Å²) in [6, 6.07) is 4.06. The van der Waals surface area contributed by atoms with Gasteiger partial charge in [0.2, 0.25) is 6.56 Å². The van der Waals surface area contributed by atoms with Crippen LogP contribution in [0.25, 0.3) is 0 Å². The number of hydrogen-bond donors (Lipinski definition) is 1. The Balaban J connectivity index is 3.43. The Morgan fingerprint density at radius 1 is 1.06 bits per heavy atom. The normalized spacial score (nSPS) is 11.0. The van der Waals surface area contributed by atoms with Gasteiger partial charge in [-0.15, -0.1) is 10.9 Å². The van der Waals surface area contributed by atoms with E-state index >= 15 is 0 Å². The number of benzene rings is 1. The van der Waals surface area contributed by atoms with Gasteiger partial charge in [-0.05, 0) is 11.0 Å². The van der Waals surface area contributed by atoms with Crippen LogP contribution in [0.2, 0.25) is 0 Å². The average molecular weight is 218 g/mol. The van der Waals surface area contributed by atoms with Gasteiger partial charge in [-0.3, -0.25) is 0 Å². The van der Waals surface area contributed by atoms with E-state index in [-0.39, 0.29) is 5.41 Å². The summed E-state index contributed by atoms with van der Waals surface area (Å²) in [5.74, 6) is 0. The molecule has 1 rings (SSSR count). The molecule has 0 nitrogen and oxygen atoms in total. The van der Waals surface area contributed by atoms with Gasteiger partial charge in [0.05, 0.1) is 14.3 Å². The average Bonchev–Trinajstić information content (AvgIpc) is 2.25. The Kier molecular flexibility index (Phi) is 4.79. The van der Waals surface area contributed by atoms with Crippen molar-refractivity contribution in [2.45, 2.75) is 26.2 Å². The highest BCUT2D eigenvalue weighted by Gasteiger charge is 2.20. The highest BCUT2D eigenvalue weighted by molar-refractivity contribution is 8.08. The molecule has 0 aliphatic rings. The molecule has 0 aliphatic heterocycles. The van der Waals surface area contributed by atoms with Crippen LogP contribution in [0, 0.1) is 0 Å². The zero-order valence-electron chi connectivity index (χ0n) is 9.99. The summed E-state index contributed by atoms with van der Waals surface area (Å²) in [6.07, 6.45) is 0. The predicted molar refractivity (Wildman–Crippen MR) is 81.8 cm³/mol. The van der Waals surface area contributed by atoms with Gasteiger partial charge in [0.25, 0.3) is 0 Å². The van der Waals surface area contributed by atoms with Gasteiger partial charge in [-0.1, -0.05) is 38.4 Å². The minimum absolute atomic E-state index is 0.0550. The molecule has 0 amide bonds. The van der Waals surface area contributed by atoms with Crippen molar-refractivity contribution in [3.63, 3.8) is 0 Å². The summed E-state index contributed by atoms with van der Waals surface area (Å²) in [4.78, 5) is 0. The van der Waals surface area contributed by atoms with Gasteiger partial charge >= 0.3 is 0 Å². The molecule has 0 heterocycles. The quantitative estimate of drug-likeness (QED) is 0.487. The van der Waals surface area contributed by atoms with Crippen molar-refractivity contribution in [2.24, 2.45) is 0 Å². The Morgan fingerprint density at radius 2 is 1.69 bits per heavy atom. The van der Waals surface area contributed by atoms with Gasteiger partial charge in [0, 0.05) is 15.5 Å². The van der Waals surface area contributed by atoms with Crippen molar-refractivity contribution in [3.8, 4) is 0 Å². The van der Waals surface area contributed by atoms with Gasteiger partial charge in [-0.25, -0.2) is 12.5 Å². The summed E-state index contributed by atoms with van der Waals surface area (Å²) in [6.45, 7) is 8.27. The van der Waals surface area contributed by atoms with Crippen LogP contribution >= 0.6 is 12.5 Å². The van der Waals surface area contributed by atoms with E-state index < -0.39 is 0 Å². The second-order valence-electron chi connectivity index (χ2n) is 4.74. The standard InChI is InChI=1S/C10H12B5S/c1-10(2,3)6-4-5-7(13-11)9(14-12)8(6)15-16/h4-5,16H,1-3H3. The van der Waals surface area contributed by atoms with E-state index in [4.69, 9.17) is 15.5 Å². The van der Waals surface area contributed by atoms with Crippen molar-refractivity contribution in [2.75, 3.05) is 0 Å². The lowest BCUT2D eigenvalue weighted by atomic mass is 9.40. The molecule has 0 N–H and O–H groups in total. The molecule has 16 heavy (non-hydrogen) atoms. The van der Waals surface area contributed by atoms with Crippen molar-refractivity contribution >= 4 is 65.2 Å². The molecule has 1 aromatic carbocycles. The van der Waals surface area contributed by atoms with Crippen LogP contribution in [0.3, 0.4) is 0 Å². The fraction of sp³-hybridized carbons (Fsp3) is 0.400. The van der Waals surface area contributed by atoms with Crippen LogP contribution in [-0.2, 0) is 5.41 Å². The van der Waals surface area contributed by atoms with Crippen molar-refractivity contribution in [1.29, 1.82) is 0 Å². The molecular formula is C10H12B5S. The lowest BCUT2D eigenvalue weighted by Gasteiger charge is -2.26. The van der Waals surface area contributed by atoms with E-state index in [9.17, 15) is 0 Å². The summed E-state index contributed by atoms with van der Waals surface area (Å²) < 4.78 is 0. The first kappa shape index (κ1) is 14.0. The van der Waals surface area contributed by atoms with E-state index in [2.05, 4.69) is 39.3 Å². The predicted octanol–water partition coefficient (Wildman–Crippen LogP) is -1.02. The second kappa shape index (κ2) is 5.49.